The Kier molecular flexibility index (Phi) is 3.08. The van der Waals surface area contributed by atoms with Crippen LogP contribution in [0.5, 0.6) is 0 Å². The number of rotatable bonds is 3. The first kappa shape index (κ1) is 9.98. The zero-order valence-electron chi connectivity index (χ0n) is 8.39. The molecule has 14 heavy (non-hydrogen) atoms. The molecule has 1 aromatic heterocycles. The molecular formula is C9H16N4S. The van der Waals surface area contributed by atoms with Gasteiger partial charge in [-0.25, -0.2) is 4.68 Å². The Bertz CT molecular complexity index is 293. The molecule has 0 bridgehead atoms. The Morgan fingerprint density at radius 3 is 3.29 bits per heavy atom. The fourth-order valence-electron chi connectivity index (χ4n) is 1.85. The Labute approximate surface area is 88.2 Å². The van der Waals surface area contributed by atoms with Crippen molar-refractivity contribution in [1.82, 2.24) is 15.0 Å². The average molecular weight is 212 g/mol. The van der Waals surface area contributed by atoms with Crippen LogP contribution in [0.4, 0.5) is 0 Å². The minimum atomic E-state index is 0.111. The van der Waals surface area contributed by atoms with Crippen molar-refractivity contribution in [1.29, 1.82) is 0 Å². The topological polar surface area (TPSA) is 56.7 Å². The van der Waals surface area contributed by atoms with E-state index in [1.807, 2.05) is 16.4 Å². The van der Waals surface area contributed by atoms with E-state index < -0.39 is 0 Å². The molecule has 0 radical (unpaired) electrons. The van der Waals surface area contributed by atoms with Crippen LogP contribution in [0.1, 0.15) is 25.1 Å². The molecule has 0 saturated carbocycles. The van der Waals surface area contributed by atoms with Crippen LogP contribution in [0, 0.1) is 5.92 Å². The molecule has 1 aliphatic heterocycles. The maximum absolute atomic E-state index is 6.21. The van der Waals surface area contributed by atoms with Crippen molar-refractivity contribution < 1.29 is 0 Å². The summed E-state index contributed by atoms with van der Waals surface area (Å²) in [4.78, 5) is 0. The summed E-state index contributed by atoms with van der Waals surface area (Å²) in [5, 5.41) is 7.92. The highest BCUT2D eigenvalue weighted by atomic mass is 32.2. The first-order valence-corrected chi connectivity index (χ1v) is 6.20. The molecule has 0 aromatic carbocycles. The van der Waals surface area contributed by atoms with Gasteiger partial charge in [-0.05, 0) is 30.8 Å². The summed E-state index contributed by atoms with van der Waals surface area (Å²) in [6.07, 6.45) is 3.03. The lowest BCUT2D eigenvalue weighted by molar-refractivity contribution is 0.443. The third kappa shape index (κ3) is 1.79. The molecule has 2 atom stereocenters. The van der Waals surface area contributed by atoms with E-state index in [9.17, 15) is 0 Å². The summed E-state index contributed by atoms with van der Waals surface area (Å²) >= 11 is 1.99. The molecule has 2 N–H and O–H groups in total. The fraction of sp³-hybridized carbons (Fsp3) is 0.778. The largest absolute Gasteiger partial charge is 0.322 e. The van der Waals surface area contributed by atoms with E-state index in [2.05, 4.69) is 17.2 Å². The molecule has 4 nitrogen and oxygen atoms in total. The Morgan fingerprint density at radius 2 is 2.64 bits per heavy atom. The van der Waals surface area contributed by atoms with Crippen LogP contribution < -0.4 is 5.73 Å². The lowest BCUT2D eigenvalue weighted by Gasteiger charge is -2.18. The molecule has 0 spiro atoms. The molecular weight excluding hydrogens is 196 g/mol. The van der Waals surface area contributed by atoms with Crippen LogP contribution in [0.2, 0.25) is 0 Å². The van der Waals surface area contributed by atoms with Gasteiger partial charge in [0.15, 0.2) is 0 Å². The second-order valence-electron chi connectivity index (χ2n) is 3.62. The van der Waals surface area contributed by atoms with Gasteiger partial charge in [-0.2, -0.15) is 11.8 Å². The summed E-state index contributed by atoms with van der Waals surface area (Å²) in [5.41, 5.74) is 7.29. The second kappa shape index (κ2) is 4.31. The molecule has 1 saturated heterocycles. The zero-order valence-corrected chi connectivity index (χ0v) is 9.20. The van der Waals surface area contributed by atoms with Crippen LogP contribution in [-0.2, 0) is 6.54 Å². The van der Waals surface area contributed by atoms with Crippen molar-refractivity contribution in [3.05, 3.63) is 11.9 Å². The van der Waals surface area contributed by atoms with E-state index in [4.69, 9.17) is 5.73 Å². The predicted octanol–water partition coefficient (Wildman–Crippen LogP) is 1.05. The number of aromatic nitrogens is 3. The van der Waals surface area contributed by atoms with Gasteiger partial charge in [-0.1, -0.05) is 5.21 Å². The Morgan fingerprint density at radius 1 is 1.79 bits per heavy atom. The third-order valence-corrected chi connectivity index (χ3v) is 3.95. The first-order valence-electron chi connectivity index (χ1n) is 5.04. The summed E-state index contributed by atoms with van der Waals surface area (Å²) in [6, 6.07) is 0.111. The van der Waals surface area contributed by atoms with E-state index in [0.29, 0.717) is 5.92 Å². The monoisotopic (exact) mass is 212 g/mol. The summed E-state index contributed by atoms with van der Waals surface area (Å²) in [5.74, 6) is 3.02. The van der Waals surface area contributed by atoms with Crippen molar-refractivity contribution in [2.45, 2.75) is 25.9 Å². The standard InChI is InChI=1S/C9H16N4S/c1-2-13-8(5-11-12-13)9(10)7-3-4-14-6-7/h5,7,9H,2-4,6,10H2,1H3. The van der Waals surface area contributed by atoms with Crippen LogP contribution >= 0.6 is 11.8 Å². The van der Waals surface area contributed by atoms with Gasteiger partial charge in [0, 0.05) is 6.54 Å². The van der Waals surface area contributed by atoms with Gasteiger partial charge < -0.3 is 5.73 Å². The van der Waals surface area contributed by atoms with E-state index in [0.717, 1.165) is 12.2 Å². The van der Waals surface area contributed by atoms with E-state index in [1.54, 1.807) is 6.20 Å². The van der Waals surface area contributed by atoms with Crippen LogP contribution in [0.25, 0.3) is 0 Å². The van der Waals surface area contributed by atoms with Gasteiger partial charge in [0.25, 0.3) is 0 Å². The molecule has 0 aliphatic carbocycles. The van der Waals surface area contributed by atoms with Crippen molar-refractivity contribution in [2.24, 2.45) is 11.7 Å². The Hall–Kier alpha value is -0.550. The average Bonchev–Trinajstić information content (AvgIpc) is 2.87. The van der Waals surface area contributed by atoms with Crippen molar-refractivity contribution in [3.8, 4) is 0 Å². The molecule has 1 aliphatic rings. The molecule has 2 unspecified atom stereocenters. The van der Waals surface area contributed by atoms with E-state index in [1.165, 1.54) is 17.9 Å². The quantitative estimate of drug-likeness (QED) is 0.813. The zero-order chi connectivity index (χ0) is 9.97. The fourth-order valence-corrected chi connectivity index (χ4v) is 3.16. The molecule has 0 amide bonds. The summed E-state index contributed by atoms with van der Waals surface area (Å²) in [6.45, 7) is 2.91. The van der Waals surface area contributed by atoms with Crippen LogP contribution in [0.3, 0.4) is 0 Å². The molecule has 1 aromatic rings. The molecule has 1 fully saturated rings. The predicted molar refractivity (Wildman–Crippen MR) is 58.1 cm³/mol. The maximum Gasteiger partial charge on any atom is 0.0757 e. The molecule has 78 valence electrons. The number of aryl methyl sites for hydroxylation is 1. The van der Waals surface area contributed by atoms with Gasteiger partial charge in [0.2, 0.25) is 0 Å². The molecule has 2 rings (SSSR count). The van der Waals surface area contributed by atoms with Gasteiger partial charge in [0.1, 0.15) is 0 Å². The highest BCUT2D eigenvalue weighted by Gasteiger charge is 2.26. The van der Waals surface area contributed by atoms with E-state index in [-0.39, 0.29) is 6.04 Å². The normalized spacial score (nSPS) is 24.0. The number of thioether (sulfide) groups is 1. The number of nitrogens with two attached hydrogens (primary N) is 1. The van der Waals surface area contributed by atoms with Crippen LogP contribution in [0.15, 0.2) is 6.20 Å². The number of hydrogen-bond donors (Lipinski definition) is 1. The minimum Gasteiger partial charge on any atom is -0.322 e. The summed E-state index contributed by atoms with van der Waals surface area (Å²) < 4.78 is 1.90. The highest BCUT2D eigenvalue weighted by molar-refractivity contribution is 7.99. The first-order chi connectivity index (χ1) is 6.83. The smallest absolute Gasteiger partial charge is 0.0757 e. The van der Waals surface area contributed by atoms with Gasteiger partial charge in [-0.3, -0.25) is 0 Å². The minimum absolute atomic E-state index is 0.111. The van der Waals surface area contributed by atoms with Gasteiger partial charge >= 0.3 is 0 Å². The third-order valence-electron chi connectivity index (χ3n) is 2.76. The van der Waals surface area contributed by atoms with Crippen LogP contribution in [-0.4, -0.2) is 26.5 Å². The lowest BCUT2D eigenvalue weighted by Crippen LogP contribution is -2.24. The maximum atomic E-state index is 6.21. The lowest BCUT2D eigenvalue weighted by atomic mass is 9.97. The SMILES string of the molecule is CCn1nncc1C(N)C1CCSC1. The van der Waals surface area contributed by atoms with Gasteiger partial charge in [0.05, 0.1) is 17.9 Å². The molecule has 2 heterocycles. The number of hydrogen-bond acceptors (Lipinski definition) is 4. The highest BCUT2D eigenvalue weighted by Crippen LogP contribution is 2.32. The van der Waals surface area contributed by atoms with E-state index >= 15 is 0 Å². The van der Waals surface area contributed by atoms with Crippen molar-refractivity contribution in [2.75, 3.05) is 11.5 Å². The van der Waals surface area contributed by atoms with Crippen molar-refractivity contribution >= 4 is 11.8 Å². The second-order valence-corrected chi connectivity index (χ2v) is 4.77. The number of nitrogens with zero attached hydrogens (tertiary/aromatic N) is 3. The molecule has 5 heteroatoms. The summed E-state index contributed by atoms with van der Waals surface area (Å²) in [7, 11) is 0. The Balaban J connectivity index is 2.12. The van der Waals surface area contributed by atoms with Gasteiger partial charge in [-0.15, -0.1) is 5.10 Å². The van der Waals surface area contributed by atoms with Crippen molar-refractivity contribution in [3.63, 3.8) is 0 Å².